The molecule has 0 bridgehead atoms. The van der Waals surface area contributed by atoms with E-state index in [1.807, 2.05) is 0 Å². The lowest BCUT2D eigenvalue weighted by molar-refractivity contribution is 0.0976. The molecule has 14 heavy (non-hydrogen) atoms. The summed E-state index contributed by atoms with van der Waals surface area (Å²) >= 11 is 0. The lowest BCUT2D eigenvalue weighted by atomic mass is 10.1. The maximum Gasteiger partial charge on any atom is 0.178 e. The van der Waals surface area contributed by atoms with Crippen LogP contribution in [0.15, 0.2) is 12.3 Å². The second kappa shape index (κ2) is 3.91. The molecule has 0 unspecified atom stereocenters. The van der Waals surface area contributed by atoms with Crippen molar-refractivity contribution < 1.29 is 14.4 Å². The molecule has 0 N–H and O–H groups in total. The largest absolute Gasteiger partial charge is 0.298 e. The Morgan fingerprint density at radius 3 is 2.36 bits per heavy atom. The number of Topliss-reactive ketones (excluding diaryl/α,β-unsaturated/α-hetero) is 2. The van der Waals surface area contributed by atoms with Crippen LogP contribution < -0.4 is 0 Å². The van der Waals surface area contributed by atoms with Crippen molar-refractivity contribution in [2.24, 2.45) is 0 Å². The molecule has 0 aliphatic carbocycles. The third kappa shape index (κ3) is 1.90. The van der Waals surface area contributed by atoms with Gasteiger partial charge < -0.3 is 0 Å². The van der Waals surface area contributed by atoms with Gasteiger partial charge in [-0.1, -0.05) is 0 Å². The molecular weight excluding hydrogens is 182 g/mol. The van der Waals surface area contributed by atoms with Crippen molar-refractivity contribution >= 4 is 17.9 Å². The zero-order chi connectivity index (χ0) is 10.7. The SMILES string of the molecule is CC(=O)c1cc(C=O)cnc1C(C)=O. The van der Waals surface area contributed by atoms with E-state index in [1.165, 1.54) is 26.1 Å². The summed E-state index contributed by atoms with van der Waals surface area (Å²) in [5, 5.41) is 0. The van der Waals surface area contributed by atoms with Gasteiger partial charge in [-0.2, -0.15) is 0 Å². The van der Waals surface area contributed by atoms with Crippen LogP contribution in [-0.4, -0.2) is 22.8 Å². The fraction of sp³-hybridized carbons (Fsp3) is 0.200. The van der Waals surface area contributed by atoms with Gasteiger partial charge in [0, 0.05) is 24.2 Å². The standard InChI is InChI=1S/C10H9NO3/c1-6(13)9-3-8(5-12)4-11-10(9)7(2)14/h3-5H,1-2H3. The quantitative estimate of drug-likeness (QED) is 0.533. The first-order valence-corrected chi connectivity index (χ1v) is 4.03. The predicted molar refractivity (Wildman–Crippen MR) is 49.6 cm³/mol. The predicted octanol–water partition coefficient (Wildman–Crippen LogP) is 1.30. The van der Waals surface area contributed by atoms with Gasteiger partial charge in [-0.3, -0.25) is 19.4 Å². The van der Waals surface area contributed by atoms with Crippen molar-refractivity contribution in [3.05, 3.63) is 29.1 Å². The Balaban J connectivity index is 3.38. The van der Waals surface area contributed by atoms with Crippen molar-refractivity contribution in [3.63, 3.8) is 0 Å². The van der Waals surface area contributed by atoms with Crippen LogP contribution >= 0.6 is 0 Å². The summed E-state index contributed by atoms with van der Waals surface area (Å²) in [6.07, 6.45) is 1.86. The fourth-order valence-electron chi connectivity index (χ4n) is 1.09. The lowest BCUT2D eigenvalue weighted by Gasteiger charge is -2.02. The Labute approximate surface area is 81.0 Å². The molecule has 4 nitrogen and oxygen atoms in total. The van der Waals surface area contributed by atoms with E-state index >= 15 is 0 Å². The van der Waals surface area contributed by atoms with Crippen molar-refractivity contribution in [3.8, 4) is 0 Å². The first-order valence-electron chi connectivity index (χ1n) is 4.03. The number of carbonyl (C=O) groups is 3. The van der Waals surface area contributed by atoms with Crippen LogP contribution in [0.5, 0.6) is 0 Å². The Bertz CT molecular complexity index is 410. The topological polar surface area (TPSA) is 64.1 Å². The molecule has 0 saturated carbocycles. The van der Waals surface area contributed by atoms with Gasteiger partial charge in [-0.05, 0) is 13.0 Å². The van der Waals surface area contributed by atoms with Gasteiger partial charge in [0.2, 0.25) is 0 Å². The van der Waals surface area contributed by atoms with Crippen LogP contribution in [-0.2, 0) is 0 Å². The van der Waals surface area contributed by atoms with E-state index in [-0.39, 0.29) is 22.8 Å². The monoisotopic (exact) mass is 191 g/mol. The van der Waals surface area contributed by atoms with Gasteiger partial charge in [0.1, 0.15) is 5.69 Å². The highest BCUT2D eigenvalue weighted by Crippen LogP contribution is 2.09. The number of hydrogen-bond donors (Lipinski definition) is 0. The van der Waals surface area contributed by atoms with Crippen molar-refractivity contribution in [2.45, 2.75) is 13.8 Å². The zero-order valence-electron chi connectivity index (χ0n) is 7.90. The minimum atomic E-state index is -0.285. The Hall–Kier alpha value is -1.84. The van der Waals surface area contributed by atoms with Gasteiger partial charge in [0.05, 0.1) is 0 Å². The first kappa shape index (κ1) is 10.2. The Morgan fingerprint density at radius 1 is 1.29 bits per heavy atom. The van der Waals surface area contributed by atoms with Gasteiger partial charge in [0.15, 0.2) is 17.9 Å². The summed E-state index contributed by atoms with van der Waals surface area (Å²) in [5.74, 6) is -0.556. The molecule has 0 spiro atoms. The molecule has 1 rings (SSSR count). The number of nitrogens with zero attached hydrogens (tertiary/aromatic N) is 1. The van der Waals surface area contributed by atoms with E-state index in [0.717, 1.165) is 0 Å². The molecule has 0 amide bonds. The summed E-state index contributed by atoms with van der Waals surface area (Å²) in [6, 6.07) is 1.37. The molecule has 1 aromatic heterocycles. The van der Waals surface area contributed by atoms with Gasteiger partial charge >= 0.3 is 0 Å². The maximum atomic E-state index is 11.1. The third-order valence-corrected chi connectivity index (χ3v) is 1.76. The van der Waals surface area contributed by atoms with Crippen LogP contribution in [0.2, 0.25) is 0 Å². The number of hydrogen-bond acceptors (Lipinski definition) is 4. The van der Waals surface area contributed by atoms with Crippen LogP contribution in [0.4, 0.5) is 0 Å². The zero-order valence-corrected chi connectivity index (χ0v) is 7.90. The molecule has 1 heterocycles. The number of rotatable bonds is 3. The van der Waals surface area contributed by atoms with Crippen LogP contribution in [0.1, 0.15) is 45.1 Å². The van der Waals surface area contributed by atoms with E-state index in [1.54, 1.807) is 0 Å². The minimum Gasteiger partial charge on any atom is -0.298 e. The Morgan fingerprint density at radius 2 is 1.93 bits per heavy atom. The maximum absolute atomic E-state index is 11.1. The van der Waals surface area contributed by atoms with E-state index in [4.69, 9.17) is 0 Å². The fourth-order valence-corrected chi connectivity index (χ4v) is 1.09. The highest BCUT2D eigenvalue weighted by molar-refractivity contribution is 6.06. The normalized spacial score (nSPS) is 9.57. The molecule has 0 radical (unpaired) electrons. The van der Waals surface area contributed by atoms with Gasteiger partial charge in [-0.15, -0.1) is 0 Å². The number of pyridine rings is 1. The van der Waals surface area contributed by atoms with Crippen molar-refractivity contribution in [1.82, 2.24) is 4.98 Å². The van der Waals surface area contributed by atoms with Crippen molar-refractivity contribution in [2.75, 3.05) is 0 Å². The molecule has 0 aromatic carbocycles. The number of carbonyl (C=O) groups excluding carboxylic acids is 3. The summed E-state index contributed by atoms with van der Waals surface area (Å²) in [7, 11) is 0. The molecule has 0 aliphatic heterocycles. The van der Waals surface area contributed by atoms with Gasteiger partial charge in [-0.25, -0.2) is 0 Å². The molecule has 0 atom stereocenters. The minimum absolute atomic E-state index is 0.114. The molecule has 0 saturated heterocycles. The highest BCUT2D eigenvalue weighted by atomic mass is 16.1. The average molecular weight is 191 g/mol. The molecule has 72 valence electrons. The van der Waals surface area contributed by atoms with Crippen LogP contribution in [0.3, 0.4) is 0 Å². The van der Waals surface area contributed by atoms with Gasteiger partial charge in [0.25, 0.3) is 0 Å². The summed E-state index contributed by atoms with van der Waals surface area (Å²) in [6.45, 7) is 2.66. The second-order valence-corrected chi connectivity index (χ2v) is 2.90. The second-order valence-electron chi connectivity index (χ2n) is 2.90. The molecule has 4 heteroatoms. The number of aldehydes is 1. The van der Waals surface area contributed by atoms with E-state index in [0.29, 0.717) is 11.8 Å². The third-order valence-electron chi connectivity index (χ3n) is 1.76. The lowest BCUT2D eigenvalue weighted by Crippen LogP contribution is -2.07. The molecule has 0 fully saturated rings. The van der Waals surface area contributed by atoms with E-state index < -0.39 is 0 Å². The van der Waals surface area contributed by atoms with E-state index in [2.05, 4.69) is 4.98 Å². The number of aromatic nitrogens is 1. The summed E-state index contributed by atoms with van der Waals surface area (Å²) < 4.78 is 0. The molecular formula is C10H9NO3. The molecule has 1 aromatic rings. The van der Waals surface area contributed by atoms with Crippen LogP contribution in [0.25, 0.3) is 0 Å². The summed E-state index contributed by atoms with van der Waals surface area (Å²) in [4.78, 5) is 36.4. The van der Waals surface area contributed by atoms with Crippen LogP contribution in [0, 0.1) is 0 Å². The van der Waals surface area contributed by atoms with Crippen molar-refractivity contribution in [1.29, 1.82) is 0 Å². The Kier molecular flexibility index (Phi) is 2.86. The van der Waals surface area contributed by atoms with E-state index in [9.17, 15) is 14.4 Å². The average Bonchev–Trinajstić information content (AvgIpc) is 2.16. The summed E-state index contributed by atoms with van der Waals surface area (Å²) in [5.41, 5.74) is 0.602. The highest BCUT2D eigenvalue weighted by Gasteiger charge is 2.13. The smallest absolute Gasteiger partial charge is 0.178 e. The first-order chi connectivity index (χ1) is 6.56. The number of ketones is 2. The molecule has 0 aliphatic rings.